The molecule has 0 bridgehead atoms. The summed E-state index contributed by atoms with van der Waals surface area (Å²) in [4.78, 5) is 23.9. The number of aromatic nitrogens is 2. The van der Waals surface area contributed by atoms with Crippen LogP contribution < -0.4 is 15.8 Å². The first-order valence-corrected chi connectivity index (χ1v) is 10.1. The number of aromatic carboxylic acids is 1. The van der Waals surface area contributed by atoms with Gasteiger partial charge in [-0.3, -0.25) is 4.79 Å². The molecule has 0 aliphatic heterocycles. The number of aryl methyl sites for hydroxylation is 1. The van der Waals surface area contributed by atoms with Crippen molar-refractivity contribution in [2.45, 2.75) is 32.4 Å². The summed E-state index contributed by atoms with van der Waals surface area (Å²) in [5.41, 5.74) is 4.18. The number of hydrogen-bond donors (Lipinski definition) is 3. The van der Waals surface area contributed by atoms with Crippen molar-refractivity contribution in [2.75, 3.05) is 0 Å². The lowest BCUT2D eigenvalue weighted by atomic mass is 10.1. The fourth-order valence-electron chi connectivity index (χ4n) is 2.97. The quantitative estimate of drug-likeness (QED) is 0.193. The standard InChI is InChI=1S/C23H24F4N4O4/c1-5-6-15(23(3,26)27)11-12(2)35-21-16(17(18(24)25)30-31(21)4)20(32)29-19(28)13-7-9-14(10-8-13)22(33)34/h5-11,18-19H,2,28H2,1,3-4H3,(H,29,32)(H,33,34)/b6-5-,15-11+/t19-/m0/s1. The van der Waals surface area contributed by atoms with Gasteiger partial charge in [0.15, 0.2) is 0 Å². The van der Waals surface area contributed by atoms with Crippen LogP contribution in [-0.2, 0) is 7.05 Å². The van der Waals surface area contributed by atoms with Gasteiger partial charge < -0.3 is 20.9 Å². The van der Waals surface area contributed by atoms with Crippen LogP contribution in [0.1, 0.15) is 58.4 Å². The predicted molar refractivity (Wildman–Crippen MR) is 119 cm³/mol. The normalized spacial score (nSPS) is 13.2. The summed E-state index contributed by atoms with van der Waals surface area (Å²) in [5, 5.41) is 14.9. The van der Waals surface area contributed by atoms with Crippen molar-refractivity contribution in [3.05, 3.63) is 82.8 Å². The lowest BCUT2D eigenvalue weighted by Gasteiger charge is -2.16. The van der Waals surface area contributed by atoms with Crippen LogP contribution in [-0.4, -0.2) is 32.7 Å². The molecule has 1 heterocycles. The van der Waals surface area contributed by atoms with Crippen LogP contribution in [0.3, 0.4) is 0 Å². The van der Waals surface area contributed by atoms with Gasteiger partial charge in [0, 0.05) is 19.5 Å². The third kappa shape index (κ3) is 6.79. The highest BCUT2D eigenvalue weighted by atomic mass is 19.3. The molecule has 1 aromatic heterocycles. The number of hydrogen-bond acceptors (Lipinski definition) is 5. The highest BCUT2D eigenvalue weighted by Gasteiger charge is 2.31. The lowest BCUT2D eigenvalue weighted by molar-refractivity contribution is 0.0668. The zero-order valence-electron chi connectivity index (χ0n) is 19.1. The van der Waals surface area contributed by atoms with E-state index in [1.54, 1.807) is 0 Å². The number of ether oxygens (including phenoxy) is 1. The summed E-state index contributed by atoms with van der Waals surface area (Å²) in [6, 6.07) is 5.22. The molecule has 0 fully saturated rings. The molecule has 1 amide bonds. The van der Waals surface area contributed by atoms with Crippen LogP contribution >= 0.6 is 0 Å². The number of alkyl halides is 4. The minimum Gasteiger partial charge on any atom is -0.478 e. The first-order chi connectivity index (χ1) is 16.3. The number of benzene rings is 1. The first-order valence-electron chi connectivity index (χ1n) is 10.1. The van der Waals surface area contributed by atoms with Gasteiger partial charge in [-0.1, -0.05) is 30.9 Å². The molecule has 35 heavy (non-hydrogen) atoms. The van der Waals surface area contributed by atoms with Gasteiger partial charge in [-0.15, -0.1) is 0 Å². The van der Waals surface area contributed by atoms with Gasteiger partial charge in [0.2, 0.25) is 5.88 Å². The number of allylic oxidation sites excluding steroid dienone is 4. The molecule has 2 rings (SSSR count). The maximum absolute atomic E-state index is 13.8. The SMILES string of the molecule is C=C(/C=C(\C=C/C)C(C)(F)F)Oc1c(C(=O)N[C@H](N)c2ccc(C(=O)O)cc2)c(C(F)F)nn1C. The maximum Gasteiger partial charge on any atom is 0.335 e. The van der Waals surface area contributed by atoms with E-state index in [0.717, 1.165) is 16.8 Å². The molecule has 188 valence electrons. The maximum atomic E-state index is 13.8. The van der Waals surface area contributed by atoms with Crippen LogP contribution in [0, 0.1) is 0 Å². The number of carboxylic acids is 1. The third-order valence-electron chi connectivity index (χ3n) is 4.66. The van der Waals surface area contributed by atoms with Crippen molar-refractivity contribution in [1.82, 2.24) is 15.1 Å². The first kappa shape index (κ1) is 27.3. The average Bonchev–Trinajstić information content (AvgIpc) is 3.09. The van der Waals surface area contributed by atoms with E-state index in [1.165, 1.54) is 44.3 Å². The van der Waals surface area contributed by atoms with Crippen molar-refractivity contribution >= 4 is 11.9 Å². The third-order valence-corrected chi connectivity index (χ3v) is 4.66. The number of amides is 1. The Kier molecular flexibility index (Phi) is 8.58. The van der Waals surface area contributed by atoms with Crippen LogP contribution in [0.15, 0.2) is 60.4 Å². The highest BCUT2D eigenvalue weighted by molar-refractivity contribution is 5.98. The summed E-state index contributed by atoms with van der Waals surface area (Å²) < 4.78 is 61.1. The molecule has 0 radical (unpaired) electrons. The van der Waals surface area contributed by atoms with Gasteiger partial charge in [-0.05, 0) is 30.7 Å². The molecule has 0 aliphatic rings. The van der Waals surface area contributed by atoms with Crippen molar-refractivity contribution in [3.8, 4) is 5.88 Å². The summed E-state index contributed by atoms with van der Waals surface area (Å²) in [6.45, 7) is 5.70. The van der Waals surface area contributed by atoms with Crippen molar-refractivity contribution in [3.63, 3.8) is 0 Å². The van der Waals surface area contributed by atoms with Crippen LogP contribution in [0.5, 0.6) is 5.88 Å². The fourth-order valence-corrected chi connectivity index (χ4v) is 2.97. The Bertz CT molecular complexity index is 1170. The molecule has 0 unspecified atom stereocenters. The molecule has 1 atom stereocenters. The van der Waals surface area contributed by atoms with E-state index < -0.39 is 53.1 Å². The van der Waals surface area contributed by atoms with Gasteiger partial charge in [0.1, 0.15) is 23.2 Å². The van der Waals surface area contributed by atoms with Gasteiger partial charge in [-0.2, -0.15) is 5.10 Å². The Morgan fingerprint density at radius 2 is 1.89 bits per heavy atom. The van der Waals surface area contributed by atoms with Gasteiger partial charge in [0.25, 0.3) is 18.3 Å². The Balaban J connectivity index is 2.38. The second-order valence-corrected chi connectivity index (χ2v) is 7.42. The number of rotatable bonds is 10. The van der Waals surface area contributed by atoms with Crippen molar-refractivity contribution in [2.24, 2.45) is 12.8 Å². The van der Waals surface area contributed by atoms with E-state index >= 15 is 0 Å². The summed E-state index contributed by atoms with van der Waals surface area (Å²) in [7, 11) is 1.22. The Morgan fingerprint density at radius 1 is 1.29 bits per heavy atom. The topological polar surface area (TPSA) is 119 Å². The van der Waals surface area contributed by atoms with Crippen LogP contribution in [0.2, 0.25) is 0 Å². The molecule has 8 nitrogen and oxygen atoms in total. The fraction of sp³-hybridized carbons (Fsp3) is 0.261. The van der Waals surface area contributed by atoms with E-state index in [2.05, 4.69) is 17.0 Å². The largest absolute Gasteiger partial charge is 0.478 e. The Morgan fingerprint density at radius 3 is 2.37 bits per heavy atom. The van der Waals surface area contributed by atoms with E-state index in [9.17, 15) is 27.2 Å². The Hall–Kier alpha value is -3.93. The number of nitrogens with zero attached hydrogens (tertiary/aromatic N) is 2. The van der Waals surface area contributed by atoms with Gasteiger partial charge in [-0.25, -0.2) is 27.0 Å². The molecule has 1 aromatic carbocycles. The minimum atomic E-state index is -3.25. The monoisotopic (exact) mass is 496 g/mol. The van der Waals surface area contributed by atoms with Crippen molar-refractivity contribution in [1.29, 1.82) is 0 Å². The molecule has 0 saturated heterocycles. The molecule has 4 N–H and O–H groups in total. The number of nitrogens with one attached hydrogen (secondary N) is 1. The van der Waals surface area contributed by atoms with E-state index in [4.69, 9.17) is 15.6 Å². The predicted octanol–water partition coefficient (Wildman–Crippen LogP) is 4.49. The number of halogens is 4. The molecule has 12 heteroatoms. The van der Waals surface area contributed by atoms with E-state index in [-0.39, 0.29) is 11.3 Å². The number of nitrogens with two attached hydrogens (primary N) is 1. The van der Waals surface area contributed by atoms with Crippen LogP contribution in [0.4, 0.5) is 17.6 Å². The number of carboxylic acid groups (broad SMARTS) is 1. The van der Waals surface area contributed by atoms with Crippen LogP contribution in [0.25, 0.3) is 0 Å². The highest BCUT2D eigenvalue weighted by Crippen LogP contribution is 2.32. The zero-order chi connectivity index (χ0) is 26.5. The van der Waals surface area contributed by atoms with Gasteiger partial charge in [0.05, 0.1) is 5.56 Å². The van der Waals surface area contributed by atoms with E-state index in [0.29, 0.717) is 12.5 Å². The minimum absolute atomic E-state index is 0.0169. The van der Waals surface area contributed by atoms with Crippen molar-refractivity contribution < 1.29 is 37.0 Å². The molecular weight excluding hydrogens is 472 g/mol. The zero-order valence-corrected chi connectivity index (χ0v) is 19.1. The molecule has 2 aromatic rings. The summed E-state index contributed by atoms with van der Waals surface area (Å²) in [6.07, 6.45) is -0.963. The number of carbonyl (C=O) groups is 2. The molecule has 0 aliphatic carbocycles. The average molecular weight is 496 g/mol. The Labute approximate surface area is 198 Å². The molecular formula is C23H24F4N4O4. The van der Waals surface area contributed by atoms with E-state index in [1.807, 2.05) is 0 Å². The summed E-state index contributed by atoms with van der Waals surface area (Å²) >= 11 is 0. The smallest absolute Gasteiger partial charge is 0.335 e. The molecule has 0 spiro atoms. The van der Waals surface area contributed by atoms with Gasteiger partial charge >= 0.3 is 5.97 Å². The number of carbonyl (C=O) groups excluding carboxylic acids is 1. The molecule has 0 saturated carbocycles. The second-order valence-electron chi connectivity index (χ2n) is 7.42. The second kappa shape index (κ2) is 11.0. The summed E-state index contributed by atoms with van der Waals surface area (Å²) in [5.74, 6) is -6.31. The lowest BCUT2D eigenvalue weighted by Crippen LogP contribution is -2.34.